The van der Waals surface area contributed by atoms with E-state index in [2.05, 4.69) is 42.9 Å². The molecule has 0 saturated carbocycles. The van der Waals surface area contributed by atoms with E-state index in [-0.39, 0.29) is 0 Å². The van der Waals surface area contributed by atoms with E-state index in [0.29, 0.717) is 12.3 Å². The van der Waals surface area contributed by atoms with Crippen LogP contribution in [0.4, 0.5) is 0 Å². The van der Waals surface area contributed by atoms with E-state index in [9.17, 15) is 5.11 Å². The maximum Gasteiger partial charge on any atom is 0.129 e. The number of hydrogen-bond donors (Lipinski definition) is 1. The molecule has 20 heavy (non-hydrogen) atoms. The minimum Gasteiger partial charge on any atom is -0.380 e. The Bertz CT molecular complexity index is 552. The van der Waals surface area contributed by atoms with Gasteiger partial charge in [-0.05, 0) is 25.0 Å². The summed E-state index contributed by atoms with van der Waals surface area (Å²) in [4.78, 5) is 0. The number of aliphatic hydroxyl groups excluding tert-OH is 1. The highest BCUT2D eigenvalue weighted by Gasteiger charge is 2.07. The first-order valence-corrected chi connectivity index (χ1v) is 10.8. The molecule has 0 radical (unpaired) electrons. The Morgan fingerprint density at radius 3 is 2.30 bits per heavy atom. The lowest BCUT2D eigenvalue weighted by Crippen LogP contribution is -2.16. The van der Waals surface area contributed by atoms with Gasteiger partial charge < -0.3 is 5.11 Å². The lowest BCUT2D eigenvalue weighted by atomic mass is 10.1. The number of halogens is 1. The van der Waals surface area contributed by atoms with E-state index < -0.39 is 14.2 Å². The van der Waals surface area contributed by atoms with Crippen LogP contribution in [0, 0.1) is 23.3 Å². The molecule has 0 heterocycles. The Morgan fingerprint density at radius 1 is 1.15 bits per heavy atom. The molecule has 1 nitrogen and oxygen atoms in total. The van der Waals surface area contributed by atoms with Crippen molar-refractivity contribution >= 4 is 19.7 Å². The topological polar surface area (TPSA) is 20.2 Å². The van der Waals surface area contributed by atoms with E-state index in [1.807, 2.05) is 24.3 Å². The Kier molecular flexibility index (Phi) is 6.89. The Morgan fingerprint density at radius 2 is 1.75 bits per heavy atom. The molecule has 106 valence electrons. The van der Waals surface area contributed by atoms with Crippen LogP contribution in [0.5, 0.6) is 0 Å². The molecule has 0 spiro atoms. The Hall–Kier alpha value is -1.19. The van der Waals surface area contributed by atoms with Gasteiger partial charge in [0.2, 0.25) is 0 Å². The zero-order valence-corrected chi connectivity index (χ0v) is 14.1. The van der Waals surface area contributed by atoms with Gasteiger partial charge in [0.1, 0.15) is 14.2 Å². The molecule has 0 saturated heterocycles. The summed E-state index contributed by atoms with van der Waals surface area (Å²) in [5, 5.41) is 9.73. The van der Waals surface area contributed by atoms with Crippen molar-refractivity contribution in [2.45, 2.75) is 38.6 Å². The molecule has 0 aromatic heterocycles. The van der Waals surface area contributed by atoms with Crippen LogP contribution in [0.1, 0.15) is 24.0 Å². The van der Waals surface area contributed by atoms with E-state index in [0.717, 1.165) is 17.5 Å². The van der Waals surface area contributed by atoms with Crippen LogP contribution < -0.4 is 0 Å². The standard InChI is InChI=1S/C17H21ClOSi/c1-20(2,3)14-12-16-8-5-4-7-15(16)10-11-17(19)9-6-13-18/h4-5,7-8,17,19H,6,9,13H2,1-3H3. The van der Waals surface area contributed by atoms with Gasteiger partial charge in [0.05, 0.1) is 0 Å². The van der Waals surface area contributed by atoms with Crippen molar-refractivity contribution in [3.63, 3.8) is 0 Å². The molecule has 1 atom stereocenters. The number of benzene rings is 1. The fourth-order valence-corrected chi connectivity index (χ4v) is 2.12. The summed E-state index contributed by atoms with van der Waals surface area (Å²) in [6.07, 6.45) is 0.764. The highest BCUT2D eigenvalue weighted by Crippen LogP contribution is 2.07. The lowest BCUT2D eigenvalue weighted by molar-refractivity contribution is 0.221. The Balaban J connectivity index is 2.91. The van der Waals surface area contributed by atoms with Crippen LogP contribution in [0.2, 0.25) is 19.6 Å². The second kappa shape index (κ2) is 8.17. The van der Waals surface area contributed by atoms with Crippen LogP contribution in [-0.4, -0.2) is 25.2 Å². The largest absolute Gasteiger partial charge is 0.380 e. The molecule has 1 rings (SSSR count). The molecular formula is C17H21ClOSi. The highest BCUT2D eigenvalue weighted by atomic mass is 35.5. The number of alkyl halides is 1. The molecule has 1 aromatic rings. The van der Waals surface area contributed by atoms with E-state index in [1.165, 1.54) is 0 Å². The molecule has 0 aliphatic carbocycles. The summed E-state index contributed by atoms with van der Waals surface area (Å²) in [7, 11) is -1.40. The SMILES string of the molecule is C[Si](C)(C)C#Cc1ccccc1C#CC(O)CCCCl. The molecule has 0 aliphatic heterocycles. The average Bonchev–Trinajstić information content (AvgIpc) is 2.40. The number of aliphatic hydroxyl groups is 1. The Labute approximate surface area is 128 Å². The third-order valence-corrected chi connectivity index (χ3v) is 3.63. The van der Waals surface area contributed by atoms with E-state index in [4.69, 9.17) is 11.6 Å². The number of rotatable bonds is 3. The summed E-state index contributed by atoms with van der Waals surface area (Å²) in [6.45, 7) is 6.64. The van der Waals surface area contributed by atoms with Crippen LogP contribution in [0.25, 0.3) is 0 Å². The van der Waals surface area contributed by atoms with Gasteiger partial charge in [0, 0.05) is 17.0 Å². The van der Waals surface area contributed by atoms with Gasteiger partial charge in [0.25, 0.3) is 0 Å². The quantitative estimate of drug-likeness (QED) is 0.513. The molecule has 3 heteroatoms. The minimum atomic E-state index is -1.40. The monoisotopic (exact) mass is 304 g/mol. The molecule has 1 unspecified atom stereocenters. The predicted molar refractivity (Wildman–Crippen MR) is 89.5 cm³/mol. The van der Waals surface area contributed by atoms with Crippen molar-refractivity contribution in [3.05, 3.63) is 35.4 Å². The summed E-state index contributed by atoms with van der Waals surface area (Å²) in [5.41, 5.74) is 5.16. The van der Waals surface area contributed by atoms with Crippen LogP contribution in [-0.2, 0) is 0 Å². The zero-order valence-electron chi connectivity index (χ0n) is 12.3. The van der Waals surface area contributed by atoms with E-state index >= 15 is 0 Å². The van der Waals surface area contributed by atoms with Crippen LogP contribution in [0.3, 0.4) is 0 Å². The fourth-order valence-electron chi connectivity index (χ4n) is 1.46. The van der Waals surface area contributed by atoms with Gasteiger partial charge in [0.15, 0.2) is 0 Å². The van der Waals surface area contributed by atoms with Crippen LogP contribution in [0.15, 0.2) is 24.3 Å². The fraction of sp³-hybridized carbons (Fsp3) is 0.412. The van der Waals surface area contributed by atoms with Gasteiger partial charge in [-0.25, -0.2) is 0 Å². The molecule has 0 aliphatic rings. The van der Waals surface area contributed by atoms with Gasteiger partial charge >= 0.3 is 0 Å². The van der Waals surface area contributed by atoms with Gasteiger partial charge in [-0.2, -0.15) is 0 Å². The first-order valence-electron chi connectivity index (χ1n) is 6.80. The van der Waals surface area contributed by atoms with Gasteiger partial charge in [-0.1, -0.05) is 49.5 Å². The normalized spacial score (nSPS) is 11.8. The maximum absolute atomic E-state index is 9.73. The summed E-state index contributed by atoms with van der Waals surface area (Å²) in [5.74, 6) is 9.67. The van der Waals surface area contributed by atoms with Crippen molar-refractivity contribution in [1.82, 2.24) is 0 Å². The minimum absolute atomic E-state index is 0.553. The first kappa shape index (κ1) is 16.9. The van der Waals surface area contributed by atoms with Crippen molar-refractivity contribution in [1.29, 1.82) is 0 Å². The van der Waals surface area contributed by atoms with Crippen molar-refractivity contribution in [2.75, 3.05) is 5.88 Å². The van der Waals surface area contributed by atoms with Crippen molar-refractivity contribution in [2.24, 2.45) is 0 Å². The van der Waals surface area contributed by atoms with Gasteiger partial charge in [-0.3, -0.25) is 0 Å². The van der Waals surface area contributed by atoms with E-state index in [1.54, 1.807) is 0 Å². The van der Waals surface area contributed by atoms with Crippen molar-refractivity contribution in [3.8, 4) is 23.3 Å². The molecule has 0 bridgehead atoms. The predicted octanol–water partition coefficient (Wildman–Crippen LogP) is 3.65. The maximum atomic E-state index is 9.73. The third-order valence-electron chi connectivity index (χ3n) is 2.48. The molecule has 0 amide bonds. The van der Waals surface area contributed by atoms with Gasteiger partial charge in [-0.15, -0.1) is 17.1 Å². The first-order chi connectivity index (χ1) is 9.42. The molecule has 1 N–H and O–H groups in total. The summed E-state index contributed by atoms with van der Waals surface area (Å²) in [6, 6.07) is 7.82. The zero-order chi connectivity index (χ0) is 15.0. The highest BCUT2D eigenvalue weighted by molar-refractivity contribution is 6.83. The van der Waals surface area contributed by atoms with Crippen LogP contribution >= 0.6 is 11.6 Å². The second-order valence-corrected chi connectivity index (χ2v) is 10.8. The second-order valence-electron chi connectivity index (χ2n) is 5.66. The number of hydrogen-bond acceptors (Lipinski definition) is 1. The summed E-state index contributed by atoms with van der Waals surface area (Å²) >= 11 is 5.60. The molecule has 0 fully saturated rings. The lowest BCUT2D eigenvalue weighted by Gasteiger charge is -2.04. The average molecular weight is 305 g/mol. The van der Waals surface area contributed by atoms with Crippen molar-refractivity contribution < 1.29 is 5.11 Å². The molecular weight excluding hydrogens is 284 g/mol. The third kappa shape index (κ3) is 6.82. The molecule has 1 aromatic carbocycles. The summed E-state index contributed by atoms with van der Waals surface area (Å²) < 4.78 is 0. The smallest absolute Gasteiger partial charge is 0.129 e.